The summed E-state index contributed by atoms with van der Waals surface area (Å²) in [5.74, 6) is 1.58. The van der Waals surface area contributed by atoms with E-state index < -0.39 is 0 Å². The molecule has 0 aromatic carbocycles. The predicted molar refractivity (Wildman–Crippen MR) is 105 cm³/mol. The summed E-state index contributed by atoms with van der Waals surface area (Å²) >= 11 is 4.84. The summed E-state index contributed by atoms with van der Waals surface area (Å²) in [6.07, 6.45) is 6.45. The van der Waals surface area contributed by atoms with Gasteiger partial charge in [-0.15, -0.1) is 11.8 Å². The molecule has 0 bridgehead atoms. The molecule has 1 saturated carbocycles. The fourth-order valence-corrected chi connectivity index (χ4v) is 4.29. The summed E-state index contributed by atoms with van der Waals surface area (Å²) in [6, 6.07) is 5.51. The minimum Gasteiger partial charge on any atom is -0.352 e. The van der Waals surface area contributed by atoms with Crippen LogP contribution in [-0.2, 0) is 10.5 Å². The van der Waals surface area contributed by atoms with Crippen molar-refractivity contribution >= 4 is 39.2 Å². The van der Waals surface area contributed by atoms with Crippen LogP contribution in [0.4, 0.5) is 0 Å². The van der Waals surface area contributed by atoms with E-state index in [4.69, 9.17) is 0 Å². The molecule has 0 radical (unpaired) electrons. The molecule has 0 aliphatic heterocycles. The molecule has 1 amide bonds. The van der Waals surface area contributed by atoms with Crippen molar-refractivity contribution < 1.29 is 4.79 Å². The molecule has 25 heavy (non-hydrogen) atoms. The highest BCUT2D eigenvalue weighted by atomic mass is 79.9. The third-order valence-electron chi connectivity index (χ3n) is 4.62. The lowest BCUT2D eigenvalue weighted by Gasteiger charge is -2.29. The first-order chi connectivity index (χ1) is 12.0. The maximum Gasteiger partial charge on any atom is 0.258 e. The van der Waals surface area contributed by atoms with Crippen molar-refractivity contribution in [2.24, 2.45) is 5.92 Å². The van der Waals surface area contributed by atoms with Crippen LogP contribution in [-0.4, -0.2) is 27.1 Å². The molecule has 7 heteroatoms. The molecule has 3 rings (SSSR count). The van der Waals surface area contributed by atoms with Gasteiger partial charge < -0.3 is 5.32 Å². The largest absolute Gasteiger partial charge is 0.352 e. The van der Waals surface area contributed by atoms with E-state index in [0.717, 1.165) is 10.9 Å². The Morgan fingerprint density at radius 3 is 3.00 bits per heavy atom. The van der Waals surface area contributed by atoms with Gasteiger partial charge in [0.05, 0.1) is 11.4 Å². The number of aromatic nitrogens is 2. The van der Waals surface area contributed by atoms with Crippen LogP contribution in [0.5, 0.6) is 0 Å². The summed E-state index contributed by atoms with van der Waals surface area (Å²) in [7, 11) is 0. The van der Waals surface area contributed by atoms with E-state index in [2.05, 4.69) is 33.2 Å². The molecular weight excluding hydrogens is 402 g/mol. The highest BCUT2D eigenvalue weighted by molar-refractivity contribution is 9.10. The molecule has 5 nitrogen and oxygen atoms in total. The standard InChI is InChI=1S/C18H22BrN3O2S/c1-12-4-2-3-5-15(12)21-17(23)11-25-10-14-8-18(24)22-9-13(19)6-7-16(22)20-14/h6-9,12,15H,2-5,10-11H2,1H3,(H,21,23)/t12-,15+/m1/s1. The smallest absolute Gasteiger partial charge is 0.258 e. The first-order valence-corrected chi connectivity index (χ1v) is 10.5. The van der Waals surface area contributed by atoms with Gasteiger partial charge in [0.1, 0.15) is 5.65 Å². The van der Waals surface area contributed by atoms with Crippen molar-refractivity contribution in [2.45, 2.75) is 44.4 Å². The maximum absolute atomic E-state index is 12.2. The van der Waals surface area contributed by atoms with Crippen molar-refractivity contribution in [2.75, 3.05) is 5.75 Å². The number of pyridine rings is 1. The van der Waals surface area contributed by atoms with Crippen LogP contribution in [0.15, 0.2) is 33.7 Å². The average Bonchev–Trinajstić information content (AvgIpc) is 2.58. The number of halogens is 1. The Balaban J connectivity index is 1.55. The lowest BCUT2D eigenvalue weighted by molar-refractivity contribution is -0.119. The van der Waals surface area contributed by atoms with Crippen molar-refractivity contribution in [3.05, 3.63) is 44.9 Å². The Kier molecular flexibility index (Phi) is 6.17. The molecule has 2 aromatic heterocycles. The lowest BCUT2D eigenvalue weighted by Crippen LogP contribution is -2.41. The third kappa shape index (κ3) is 4.85. The summed E-state index contributed by atoms with van der Waals surface area (Å²) in [4.78, 5) is 28.8. The Hall–Kier alpha value is -1.34. The molecule has 1 aliphatic rings. The van der Waals surface area contributed by atoms with E-state index in [1.807, 2.05) is 6.07 Å². The van der Waals surface area contributed by atoms with Gasteiger partial charge in [-0.2, -0.15) is 0 Å². The third-order valence-corrected chi connectivity index (χ3v) is 6.05. The van der Waals surface area contributed by atoms with Crippen molar-refractivity contribution in [3.63, 3.8) is 0 Å². The van der Waals surface area contributed by atoms with Crippen molar-refractivity contribution in [3.8, 4) is 0 Å². The zero-order chi connectivity index (χ0) is 17.8. The first kappa shape index (κ1) is 18.5. The van der Waals surface area contributed by atoms with Gasteiger partial charge in [0, 0.05) is 28.5 Å². The predicted octanol–water partition coefficient (Wildman–Crippen LogP) is 3.39. The number of nitrogens with one attached hydrogen (secondary N) is 1. The second-order valence-electron chi connectivity index (χ2n) is 6.59. The van der Waals surface area contributed by atoms with Crippen molar-refractivity contribution in [1.82, 2.24) is 14.7 Å². The number of rotatable bonds is 5. The fourth-order valence-electron chi connectivity index (χ4n) is 3.23. The van der Waals surface area contributed by atoms with E-state index >= 15 is 0 Å². The highest BCUT2D eigenvalue weighted by Gasteiger charge is 2.22. The molecule has 2 heterocycles. The van der Waals surface area contributed by atoms with Crippen LogP contribution in [0.2, 0.25) is 0 Å². The number of carbonyl (C=O) groups excluding carboxylic acids is 1. The van der Waals surface area contributed by atoms with Crippen LogP contribution in [0.1, 0.15) is 38.3 Å². The van der Waals surface area contributed by atoms with Crippen LogP contribution < -0.4 is 10.9 Å². The number of thioether (sulfide) groups is 1. The summed E-state index contributed by atoms with van der Waals surface area (Å²) in [6.45, 7) is 2.21. The summed E-state index contributed by atoms with van der Waals surface area (Å²) in [5, 5.41) is 3.15. The first-order valence-electron chi connectivity index (χ1n) is 8.58. The fraction of sp³-hybridized carbons (Fsp3) is 0.500. The molecule has 1 aliphatic carbocycles. The van der Waals surface area contributed by atoms with Crippen LogP contribution in [0.3, 0.4) is 0 Å². The summed E-state index contributed by atoms with van der Waals surface area (Å²) < 4.78 is 2.34. The molecular formula is C18H22BrN3O2S. The van der Waals surface area contributed by atoms with Crippen LogP contribution in [0.25, 0.3) is 5.65 Å². The second kappa shape index (κ2) is 8.36. The number of hydrogen-bond acceptors (Lipinski definition) is 4. The molecule has 2 aromatic rings. The minimum absolute atomic E-state index is 0.0743. The number of fused-ring (bicyclic) bond motifs is 1. The van der Waals surface area contributed by atoms with Crippen molar-refractivity contribution in [1.29, 1.82) is 0 Å². The van der Waals surface area contributed by atoms with Gasteiger partial charge in [0.25, 0.3) is 5.56 Å². The van der Waals surface area contributed by atoms with E-state index in [1.165, 1.54) is 41.5 Å². The van der Waals surface area contributed by atoms with Gasteiger partial charge in [0.15, 0.2) is 0 Å². The monoisotopic (exact) mass is 423 g/mol. The molecule has 1 fully saturated rings. The van der Waals surface area contributed by atoms with E-state index in [9.17, 15) is 9.59 Å². The van der Waals surface area contributed by atoms with Gasteiger partial charge in [0.2, 0.25) is 5.91 Å². The molecule has 0 spiro atoms. The quantitative estimate of drug-likeness (QED) is 0.800. The SMILES string of the molecule is C[C@@H]1CCCC[C@@H]1NC(=O)CSCc1cc(=O)n2cc(Br)ccc2n1. The van der Waals surface area contributed by atoms with E-state index in [1.54, 1.807) is 12.3 Å². The Labute approximate surface area is 159 Å². The van der Waals surface area contributed by atoms with Gasteiger partial charge in [-0.3, -0.25) is 14.0 Å². The van der Waals surface area contributed by atoms with E-state index in [0.29, 0.717) is 34.8 Å². The molecule has 1 N–H and O–H groups in total. The van der Waals surface area contributed by atoms with Gasteiger partial charge in [-0.05, 0) is 46.8 Å². The van der Waals surface area contributed by atoms with Crippen LogP contribution >= 0.6 is 27.7 Å². The molecule has 134 valence electrons. The topological polar surface area (TPSA) is 63.5 Å². The maximum atomic E-state index is 12.2. The molecule has 0 unspecified atom stereocenters. The van der Waals surface area contributed by atoms with E-state index in [-0.39, 0.29) is 11.5 Å². The minimum atomic E-state index is -0.109. The molecule has 2 atom stereocenters. The Bertz CT molecular complexity index is 824. The number of nitrogens with zero attached hydrogens (tertiary/aromatic N) is 2. The number of amides is 1. The normalized spacial score (nSPS) is 20.6. The van der Waals surface area contributed by atoms with Crippen LogP contribution in [0, 0.1) is 5.92 Å². The van der Waals surface area contributed by atoms with Gasteiger partial charge in [-0.1, -0.05) is 19.8 Å². The second-order valence-corrected chi connectivity index (χ2v) is 8.49. The average molecular weight is 424 g/mol. The summed E-state index contributed by atoms with van der Waals surface area (Å²) in [5.41, 5.74) is 1.21. The lowest BCUT2D eigenvalue weighted by atomic mass is 9.86. The number of hydrogen-bond donors (Lipinski definition) is 1. The zero-order valence-corrected chi connectivity index (χ0v) is 16.6. The highest BCUT2D eigenvalue weighted by Crippen LogP contribution is 2.23. The molecule has 0 saturated heterocycles. The number of carbonyl (C=O) groups is 1. The zero-order valence-electron chi connectivity index (χ0n) is 14.2. The Morgan fingerprint density at radius 2 is 2.20 bits per heavy atom. The van der Waals surface area contributed by atoms with Gasteiger partial charge in [-0.25, -0.2) is 4.98 Å². The Morgan fingerprint density at radius 1 is 1.40 bits per heavy atom. The van der Waals surface area contributed by atoms with Gasteiger partial charge >= 0.3 is 0 Å².